The molecule has 0 unspecified atom stereocenters. The molecular weight excluding hydrogens is 442 g/mol. The third-order valence-electron chi connectivity index (χ3n) is 5.71. The molecular formula is C24H29N3O5S. The number of aliphatic imine (C=N–C) groups is 1. The summed E-state index contributed by atoms with van der Waals surface area (Å²) in [7, 11) is 0. The predicted molar refractivity (Wildman–Crippen MR) is 127 cm³/mol. The summed E-state index contributed by atoms with van der Waals surface area (Å²) in [5, 5.41) is 2.75. The molecule has 1 atom stereocenters. The fourth-order valence-electron chi connectivity index (χ4n) is 4.18. The lowest BCUT2D eigenvalue weighted by Gasteiger charge is -2.33. The number of likely N-dealkylation sites (tertiary alicyclic amines) is 1. The van der Waals surface area contributed by atoms with Gasteiger partial charge in [-0.1, -0.05) is 17.8 Å². The summed E-state index contributed by atoms with van der Waals surface area (Å²) < 4.78 is 17.1. The quantitative estimate of drug-likeness (QED) is 0.533. The zero-order valence-corrected chi connectivity index (χ0v) is 20.0. The molecule has 0 spiro atoms. The minimum atomic E-state index is -0.401. The average molecular weight is 472 g/mol. The second kappa shape index (κ2) is 10.3. The zero-order valence-electron chi connectivity index (χ0n) is 19.2. The number of thioether (sulfide) groups is 1. The van der Waals surface area contributed by atoms with Crippen LogP contribution in [0.5, 0.6) is 11.5 Å². The lowest BCUT2D eigenvalue weighted by atomic mass is 9.94. The molecule has 9 heteroatoms. The molecule has 3 heterocycles. The van der Waals surface area contributed by atoms with Crippen LogP contribution >= 0.6 is 11.8 Å². The van der Waals surface area contributed by atoms with Gasteiger partial charge in [0.25, 0.3) is 5.91 Å². The van der Waals surface area contributed by atoms with Gasteiger partial charge in [-0.3, -0.25) is 4.79 Å². The maximum absolute atomic E-state index is 12.9. The minimum Gasteiger partial charge on any atom is -0.490 e. The molecule has 0 bridgehead atoms. The van der Waals surface area contributed by atoms with Crippen molar-refractivity contribution in [2.24, 2.45) is 4.99 Å². The van der Waals surface area contributed by atoms with Gasteiger partial charge in [0, 0.05) is 19.3 Å². The molecule has 4 rings (SSSR count). The fraction of sp³-hybridized carbons (Fsp3) is 0.458. The van der Waals surface area contributed by atoms with E-state index in [4.69, 9.17) is 14.2 Å². The number of amides is 1. The number of benzene rings is 1. The molecule has 1 fully saturated rings. The maximum Gasteiger partial charge on any atom is 0.338 e. The van der Waals surface area contributed by atoms with Crippen LogP contribution in [0.25, 0.3) is 0 Å². The van der Waals surface area contributed by atoms with Crippen LogP contribution in [0, 0.1) is 0 Å². The fourth-order valence-corrected chi connectivity index (χ4v) is 4.97. The van der Waals surface area contributed by atoms with E-state index in [1.54, 1.807) is 13.0 Å². The summed E-state index contributed by atoms with van der Waals surface area (Å²) >= 11 is 1.51. The Hall–Kier alpha value is -2.94. The molecule has 176 valence electrons. The molecule has 8 nitrogen and oxygen atoms in total. The number of fused-ring (bicyclic) bond motifs is 1. The van der Waals surface area contributed by atoms with E-state index in [0.29, 0.717) is 29.4 Å². The van der Waals surface area contributed by atoms with Crippen molar-refractivity contribution in [2.75, 3.05) is 32.9 Å². The Kier molecular flexibility index (Phi) is 7.27. The Morgan fingerprint density at radius 3 is 2.64 bits per heavy atom. The molecule has 0 aromatic heterocycles. The smallest absolute Gasteiger partial charge is 0.338 e. The predicted octanol–water partition coefficient (Wildman–Crippen LogP) is 3.85. The van der Waals surface area contributed by atoms with E-state index in [-0.39, 0.29) is 25.1 Å². The van der Waals surface area contributed by atoms with Gasteiger partial charge in [0.15, 0.2) is 23.3 Å². The Bertz CT molecular complexity index is 1010. The van der Waals surface area contributed by atoms with Crippen molar-refractivity contribution in [3.05, 3.63) is 46.6 Å². The van der Waals surface area contributed by atoms with Crippen LogP contribution in [0.3, 0.4) is 0 Å². The van der Waals surface area contributed by atoms with Gasteiger partial charge in [0.1, 0.15) is 0 Å². The number of carbonyl (C=O) groups is 2. The molecule has 1 saturated heterocycles. The topological polar surface area (TPSA) is 80.7 Å². The van der Waals surface area contributed by atoms with Crippen molar-refractivity contribution >= 4 is 28.8 Å². The first-order valence-electron chi connectivity index (χ1n) is 11.3. The molecule has 1 aromatic carbocycles. The summed E-state index contributed by atoms with van der Waals surface area (Å²) in [6, 6.07) is 5.17. The third kappa shape index (κ3) is 4.88. The molecule has 0 saturated carbocycles. The molecule has 3 aliphatic rings. The van der Waals surface area contributed by atoms with Crippen LogP contribution in [0.4, 0.5) is 0 Å². The minimum absolute atomic E-state index is 0.0189. The number of ether oxygens (including phenoxy) is 3. The SMILES string of the molecule is CCOC(=O)C1=C(C)N=C2SC=CN2[C@@H]1c1ccc(OCC(=O)N2CCCC2)c(OCC)c1. The van der Waals surface area contributed by atoms with Crippen molar-refractivity contribution in [1.29, 1.82) is 0 Å². The van der Waals surface area contributed by atoms with Gasteiger partial charge in [-0.15, -0.1) is 0 Å². The van der Waals surface area contributed by atoms with Gasteiger partial charge in [0.2, 0.25) is 0 Å². The number of nitrogens with zero attached hydrogens (tertiary/aromatic N) is 3. The first-order valence-corrected chi connectivity index (χ1v) is 12.2. The maximum atomic E-state index is 12.9. The van der Waals surface area contributed by atoms with Crippen LogP contribution in [0.15, 0.2) is 46.1 Å². The monoisotopic (exact) mass is 471 g/mol. The number of rotatable bonds is 8. The third-order valence-corrected chi connectivity index (χ3v) is 6.48. The lowest BCUT2D eigenvalue weighted by molar-refractivity contribution is -0.139. The Morgan fingerprint density at radius 1 is 1.12 bits per heavy atom. The lowest BCUT2D eigenvalue weighted by Crippen LogP contribution is -2.34. The van der Waals surface area contributed by atoms with Gasteiger partial charge in [-0.25, -0.2) is 9.79 Å². The van der Waals surface area contributed by atoms with E-state index in [9.17, 15) is 9.59 Å². The number of amidine groups is 1. The highest BCUT2D eigenvalue weighted by atomic mass is 32.2. The molecule has 33 heavy (non-hydrogen) atoms. The Labute approximate surface area is 198 Å². The van der Waals surface area contributed by atoms with E-state index in [0.717, 1.165) is 36.7 Å². The second-order valence-electron chi connectivity index (χ2n) is 7.84. The number of allylic oxidation sites excluding steroid dienone is 1. The van der Waals surface area contributed by atoms with Gasteiger partial charge < -0.3 is 24.0 Å². The number of carbonyl (C=O) groups excluding carboxylic acids is 2. The Balaban J connectivity index is 1.63. The standard InChI is InChI=1S/C24H29N3O5S/c1-4-30-19-14-17(8-9-18(19)32-15-20(28)26-10-6-7-11-26)22-21(23(29)31-5-2)16(3)25-24-27(22)12-13-33-24/h8-9,12-14,22H,4-7,10-11,15H2,1-3H3/t22-/m1/s1. The highest BCUT2D eigenvalue weighted by molar-refractivity contribution is 8.16. The average Bonchev–Trinajstić information content (AvgIpc) is 3.49. The van der Waals surface area contributed by atoms with Crippen molar-refractivity contribution in [2.45, 2.75) is 39.7 Å². The molecule has 0 aliphatic carbocycles. The summed E-state index contributed by atoms with van der Waals surface area (Å²) in [6.45, 7) is 7.77. The van der Waals surface area contributed by atoms with Gasteiger partial charge in [0.05, 0.1) is 30.5 Å². The van der Waals surface area contributed by atoms with Crippen molar-refractivity contribution in [1.82, 2.24) is 9.80 Å². The van der Waals surface area contributed by atoms with Gasteiger partial charge in [-0.05, 0) is 56.7 Å². The van der Waals surface area contributed by atoms with E-state index in [1.165, 1.54) is 11.8 Å². The van der Waals surface area contributed by atoms with Gasteiger partial charge in [-0.2, -0.15) is 0 Å². The molecule has 1 amide bonds. The summed E-state index contributed by atoms with van der Waals surface area (Å²) in [5.74, 6) is 0.629. The van der Waals surface area contributed by atoms with Crippen LogP contribution < -0.4 is 9.47 Å². The van der Waals surface area contributed by atoms with Gasteiger partial charge >= 0.3 is 5.97 Å². The number of esters is 1. The van der Waals surface area contributed by atoms with Crippen molar-refractivity contribution in [3.8, 4) is 11.5 Å². The summed E-state index contributed by atoms with van der Waals surface area (Å²) in [4.78, 5) is 33.7. The molecule has 0 N–H and O–H groups in total. The first-order chi connectivity index (χ1) is 16.0. The summed E-state index contributed by atoms with van der Waals surface area (Å²) in [6.07, 6.45) is 3.99. The number of hydrogen-bond donors (Lipinski definition) is 0. The normalized spacial score (nSPS) is 19.5. The number of hydrogen-bond acceptors (Lipinski definition) is 8. The molecule has 0 radical (unpaired) electrons. The zero-order chi connectivity index (χ0) is 23.4. The largest absolute Gasteiger partial charge is 0.490 e. The van der Waals surface area contributed by atoms with Crippen LogP contribution in [-0.4, -0.2) is 59.8 Å². The first kappa shape index (κ1) is 23.2. The molecule has 1 aromatic rings. The van der Waals surface area contributed by atoms with Crippen LogP contribution in [0.2, 0.25) is 0 Å². The molecule has 3 aliphatic heterocycles. The summed E-state index contributed by atoms with van der Waals surface area (Å²) in [5.41, 5.74) is 1.97. The highest BCUT2D eigenvalue weighted by Crippen LogP contribution is 2.43. The van der Waals surface area contributed by atoms with E-state index in [1.807, 2.05) is 47.4 Å². The Morgan fingerprint density at radius 2 is 1.91 bits per heavy atom. The van der Waals surface area contributed by atoms with E-state index >= 15 is 0 Å². The highest BCUT2D eigenvalue weighted by Gasteiger charge is 2.37. The van der Waals surface area contributed by atoms with E-state index in [2.05, 4.69) is 4.99 Å². The van der Waals surface area contributed by atoms with Crippen molar-refractivity contribution < 1.29 is 23.8 Å². The van der Waals surface area contributed by atoms with Crippen molar-refractivity contribution in [3.63, 3.8) is 0 Å². The van der Waals surface area contributed by atoms with E-state index < -0.39 is 6.04 Å². The van der Waals surface area contributed by atoms with Crippen LogP contribution in [-0.2, 0) is 14.3 Å². The van der Waals surface area contributed by atoms with Crippen LogP contribution in [0.1, 0.15) is 45.2 Å². The second-order valence-corrected chi connectivity index (χ2v) is 8.72.